The highest BCUT2D eigenvalue weighted by Gasteiger charge is 2.29. The van der Waals surface area contributed by atoms with Crippen molar-refractivity contribution in [3.63, 3.8) is 0 Å². The lowest BCUT2D eigenvalue weighted by molar-refractivity contribution is 0.102. The van der Waals surface area contributed by atoms with Crippen molar-refractivity contribution in [2.75, 3.05) is 17.7 Å². The third-order valence-electron chi connectivity index (χ3n) is 5.80. The van der Waals surface area contributed by atoms with Crippen LogP contribution in [-0.4, -0.2) is 22.8 Å². The number of hydrogen-bond donors (Lipinski definition) is 2. The number of fused-ring (bicyclic) bond motifs is 1. The molecule has 0 aliphatic carbocycles. The second-order valence-electron chi connectivity index (χ2n) is 8.08. The average molecular weight is 455 g/mol. The van der Waals surface area contributed by atoms with Crippen molar-refractivity contribution in [3.8, 4) is 5.75 Å². The second kappa shape index (κ2) is 8.86. The summed E-state index contributed by atoms with van der Waals surface area (Å²) in [5.41, 5.74) is 4.17. The second-order valence-corrected chi connectivity index (χ2v) is 8.08. The van der Waals surface area contributed by atoms with Crippen LogP contribution in [0.1, 0.15) is 33.1 Å². The van der Waals surface area contributed by atoms with Gasteiger partial charge >= 0.3 is 0 Å². The van der Waals surface area contributed by atoms with Gasteiger partial charge in [-0.25, -0.2) is 9.07 Å². The molecule has 7 heteroatoms. The first-order valence-corrected chi connectivity index (χ1v) is 10.9. The molecule has 0 saturated carbocycles. The van der Waals surface area contributed by atoms with Gasteiger partial charge in [-0.15, -0.1) is 0 Å². The number of hydrogen-bond acceptors (Lipinski definition) is 4. The number of amides is 1. The summed E-state index contributed by atoms with van der Waals surface area (Å²) < 4.78 is 21.8. The number of carbonyl (C=O) groups excluding carboxylic acids is 1. The SMILES string of the molecule is COc1cccc(C2=C[C@@H](c3ccccc3F)n3ncc(C(=O)Nc4ccc(C)cc4)c3N2)c1. The third-order valence-corrected chi connectivity index (χ3v) is 5.80. The van der Waals surface area contributed by atoms with Crippen LogP contribution < -0.4 is 15.4 Å². The van der Waals surface area contributed by atoms with Gasteiger partial charge in [0.1, 0.15) is 29.0 Å². The molecule has 0 fully saturated rings. The highest BCUT2D eigenvalue weighted by Crippen LogP contribution is 2.36. The van der Waals surface area contributed by atoms with Crippen molar-refractivity contribution in [1.29, 1.82) is 0 Å². The Bertz CT molecular complexity index is 1390. The van der Waals surface area contributed by atoms with E-state index in [0.717, 1.165) is 16.8 Å². The maximum Gasteiger partial charge on any atom is 0.261 e. The van der Waals surface area contributed by atoms with Crippen molar-refractivity contribution >= 4 is 23.1 Å². The molecule has 1 amide bonds. The van der Waals surface area contributed by atoms with Gasteiger partial charge in [0, 0.05) is 22.5 Å². The van der Waals surface area contributed by atoms with Crippen LogP contribution in [-0.2, 0) is 0 Å². The molecule has 1 aliphatic rings. The lowest BCUT2D eigenvalue weighted by Gasteiger charge is -2.26. The first-order valence-electron chi connectivity index (χ1n) is 10.9. The molecule has 0 unspecified atom stereocenters. The summed E-state index contributed by atoms with van der Waals surface area (Å²) in [6.07, 6.45) is 3.40. The Morgan fingerprint density at radius 2 is 1.88 bits per heavy atom. The predicted octanol–water partition coefficient (Wildman–Crippen LogP) is 5.65. The maximum atomic E-state index is 14.8. The molecule has 0 spiro atoms. The number of rotatable bonds is 5. The number of aryl methyl sites for hydroxylation is 1. The van der Waals surface area contributed by atoms with Crippen LogP contribution in [0.2, 0.25) is 0 Å². The highest BCUT2D eigenvalue weighted by atomic mass is 19.1. The van der Waals surface area contributed by atoms with Gasteiger partial charge in [0.2, 0.25) is 0 Å². The Morgan fingerprint density at radius 1 is 1.09 bits per heavy atom. The normalized spacial score (nSPS) is 14.6. The molecular formula is C27H23FN4O2. The summed E-state index contributed by atoms with van der Waals surface area (Å²) >= 11 is 0. The topological polar surface area (TPSA) is 68.2 Å². The summed E-state index contributed by atoms with van der Waals surface area (Å²) in [7, 11) is 1.60. The van der Waals surface area contributed by atoms with Gasteiger partial charge < -0.3 is 15.4 Å². The van der Waals surface area contributed by atoms with E-state index in [2.05, 4.69) is 15.7 Å². The lowest BCUT2D eigenvalue weighted by Crippen LogP contribution is -2.22. The fraction of sp³-hybridized carbons (Fsp3) is 0.111. The standard InChI is InChI=1S/C27H23FN4O2/c1-17-10-12-19(13-11-17)30-27(33)22-16-29-32-25(21-8-3-4-9-23(21)28)15-24(31-26(22)32)18-6-5-7-20(14-18)34-2/h3-16,25,31H,1-2H3,(H,30,33)/t25-/m0/s1. The van der Waals surface area contributed by atoms with Gasteiger partial charge in [-0.05, 0) is 43.3 Å². The van der Waals surface area contributed by atoms with Crippen LogP contribution in [0.4, 0.5) is 15.9 Å². The Morgan fingerprint density at radius 3 is 2.65 bits per heavy atom. The van der Waals surface area contributed by atoms with Crippen LogP contribution in [0.5, 0.6) is 5.75 Å². The van der Waals surface area contributed by atoms with E-state index in [-0.39, 0.29) is 11.7 Å². The minimum absolute atomic E-state index is 0.309. The molecule has 2 N–H and O–H groups in total. The number of nitrogens with zero attached hydrogens (tertiary/aromatic N) is 2. The van der Waals surface area contributed by atoms with E-state index in [4.69, 9.17) is 4.74 Å². The lowest BCUT2D eigenvalue weighted by atomic mass is 10.0. The van der Waals surface area contributed by atoms with Crippen LogP contribution >= 0.6 is 0 Å². The van der Waals surface area contributed by atoms with Crippen molar-refractivity contribution < 1.29 is 13.9 Å². The zero-order chi connectivity index (χ0) is 23.7. The van der Waals surface area contributed by atoms with E-state index in [0.29, 0.717) is 28.4 Å². The Kier molecular flexibility index (Phi) is 5.59. The van der Waals surface area contributed by atoms with Crippen molar-refractivity contribution in [2.45, 2.75) is 13.0 Å². The fourth-order valence-electron chi connectivity index (χ4n) is 3.99. The fourth-order valence-corrected chi connectivity index (χ4v) is 3.99. The van der Waals surface area contributed by atoms with Crippen molar-refractivity contribution in [3.05, 3.63) is 113 Å². The number of halogens is 1. The molecule has 0 saturated heterocycles. The molecule has 3 aromatic carbocycles. The van der Waals surface area contributed by atoms with Crippen LogP contribution in [0.25, 0.3) is 5.70 Å². The minimum atomic E-state index is -0.542. The zero-order valence-electron chi connectivity index (χ0n) is 18.7. The highest BCUT2D eigenvalue weighted by molar-refractivity contribution is 6.08. The monoisotopic (exact) mass is 454 g/mol. The van der Waals surface area contributed by atoms with Gasteiger partial charge in [-0.2, -0.15) is 5.10 Å². The van der Waals surface area contributed by atoms with E-state index < -0.39 is 6.04 Å². The van der Waals surface area contributed by atoms with Gasteiger partial charge in [0.15, 0.2) is 0 Å². The summed E-state index contributed by atoms with van der Waals surface area (Å²) in [6, 6.07) is 21.1. The number of aromatic nitrogens is 2. The number of anilines is 2. The molecule has 34 heavy (non-hydrogen) atoms. The largest absolute Gasteiger partial charge is 0.497 e. The number of allylic oxidation sites excluding steroid dienone is 1. The van der Waals surface area contributed by atoms with Gasteiger partial charge in [0.25, 0.3) is 5.91 Å². The van der Waals surface area contributed by atoms with E-state index in [1.165, 1.54) is 12.3 Å². The minimum Gasteiger partial charge on any atom is -0.497 e. The number of benzene rings is 3. The van der Waals surface area contributed by atoms with Gasteiger partial charge in [-0.1, -0.05) is 48.0 Å². The maximum absolute atomic E-state index is 14.8. The molecular weight excluding hydrogens is 431 g/mol. The molecule has 1 aromatic heterocycles. The molecule has 0 radical (unpaired) electrons. The Labute approximate surface area is 196 Å². The number of ether oxygens (including phenoxy) is 1. The molecule has 0 bridgehead atoms. The summed E-state index contributed by atoms with van der Waals surface area (Å²) in [5.74, 6) is 0.525. The third kappa shape index (κ3) is 4.03. The molecule has 6 nitrogen and oxygen atoms in total. The van der Waals surface area contributed by atoms with Crippen LogP contribution in [0.3, 0.4) is 0 Å². The summed E-state index contributed by atoms with van der Waals surface area (Å²) in [6.45, 7) is 1.99. The smallest absolute Gasteiger partial charge is 0.261 e. The zero-order valence-corrected chi connectivity index (χ0v) is 18.7. The molecule has 1 atom stereocenters. The first kappa shape index (κ1) is 21.5. The van der Waals surface area contributed by atoms with Crippen LogP contribution in [0, 0.1) is 12.7 Å². The van der Waals surface area contributed by atoms with E-state index in [1.54, 1.807) is 30.0 Å². The average Bonchev–Trinajstić information content (AvgIpc) is 3.29. The molecule has 5 rings (SSSR count). The number of nitrogens with one attached hydrogen (secondary N) is 2. The van der Waals surface area contributed by atoms with Crippen molar-refractivity contribution in [1.82, 2.24) is 9.78 Å². The summed E-state index contributed by atoms with van der Waals surface area (Å²) in [4.78, 5) is 13.2. The van der Waals surface area contributed by atoms with Gasteiger partial charge in [-0.3, -0.25) is 4.79 Å². The van der Waals surface area contributed by atoms with Gasteiger partial charge in [0.05, 0.1) is 13.3 Å². The number of methoxy groups -OCH3 is 1. The molecule has 1 aliphatic heterocycles. The number of carbonyl (C=O) groups is 1. The van der Waals surface area contributed by atoms with Crippen LogP contribution in [0.15, 0.2) is 85.1 Å². The predicted molar refractivity (Wildman–Crippen MR) is 130 cm³/mol. The van der Waals surface area contributed by atoms with E-state index in [9.17, 15) is 9.18 Å². The molecule has 170 valence electrons. The molecule has 2 heterocycles. The van der Waals surface area contributed by atoms with Crippen molar-refractivity contribution in [2.24, 2.45) is 0 Å². The van der Waals surface area contributed by atoms with E-state index >= 15 is 0 Å². The summed E-state index contributed by atoms with van der Waals surface area (Å²) in [5, 5.41) is 10.7. The molecule has 4 aromatic rings. The van der Waals surface area contributed by atoms with E-state index in [1.807, 2.05) is 61.5 Å². The quantitative estimate of drug-likeness (QED) is 0.409. The Balaban J connectivity index is 1.57. The first-order chi connectivity index (χ1) is 16.5. The Hall–Kier alpha value is -4.39.